The number of fused-ring (bicyclic) bond motifs is 1. The van der Waals surface area contributed by atoms with Gasteiger partial charge in [0.1, 0.15) is 0 Å². The van der Waals surface area contributed by atoms with Gasteiger partial charge in [-0.25, -0.2) is 13.2 Å². The van der Waals surface area contributed by atoms with Crippen molar-refractivity contribution >= 4 is 32.7 Å². The van der Waals surface area contributed by atoms with Gasteiger partial charge in [0.15, 0.2) is 0 Å². The molecule has 1 fully saturated rings. The van der Waals surface area contributed by atoms with Gasteiger partial charge in [-0.05, 0) is 60.9 Å². The molecule has 8 nitrogen and oxygen atoms in total. The van der Waals surface area contributed by atoms with Gasteiger partial charge in [0.25, 0.3) is 15.9 Å². The Bertz CT molecular complexity index is 1490. The molecule has 1 amide bonds. The van der Waals surface area contributed by atoms with Crippen molar-refractivity contribution in [2.24, 2.45) is 0 Å². The molecule has 4 N–H and O–H groups in total. The summed E-state index contributed by atoms with van der Waals surface area (Å²) < 4.78 is 28.0. The number of sulfonamides is 1. The third kappa shape index (κ3) is 4.27. The number of aromatic amines is 2. The lowest BCUT2D eigenvalue weighted by Crippen LogP contribution is -2.32. The number of imidazole rings is 1. The Labute approximate surface area is 190 Å². The number of hydrogen-bond acceptors (Lipinski definition) is 4. The smallest absolute Gasteiger partial charge is 0.323 e. The molecule has 33 heavy (non-hydrogen) atoms. The number of amides is 1. The van der Waals surface area contributed by atoms with Crippen molar-refractivity contribution in [3.8, 4) is 0 Å². The average molecular weight is 463 g/mol. The number of aromatic nitrogens is 2. The van der Waals surface area contributed by atoms with Gasteiger partial charge >= 0.3 is 5.69 Å². The van der Waals surface area contributed by atoms with Gasteiger partial charge in [0, 0.05) is 23.2 Å². The third-order valence-electron chi connectivity index (χ3n) is 6.02. The number of H-pyrrole nitrogens is 2. The van der Waals surface area contributed by atoms with Crippen LogP contribution in [0.5, 0.6) is 0 Å². The van der Waals surface area contributed by atoms with E-state index in [0.717, 1.165) is 12.8 Å². The van der Waals surface area contributed by atoms with Crippen molar-refractivity contribution < 1.29 is 13.2 Å². The Morgan fingerprint density at radius 3 is 2.30 bits per heavy atom. The Hall–Kier alpha value is -3.85. The van der Waals surface area contributed by atoms with Gasteiger partial charge in [0.05, 0.1) is 15.9 Å². The largest absolute Gasteiger partial charge is 0.351 e. The molecular weight excluding hydrogens is 440 g/mol. The van der Waals surface area contributed by atoms with E-state index in [1.165, 1.54) is 23.8 Å². The summed E-state index contributed by atoms with van der Waals surface area (Å²) in [6.07, 6.45) is 2.08. The highest BCUT2D eigenvalue weighted by Crippen LogP contribution is 2.47. The first-order valence-electron chi connectivity index (χ1n) is 10.5. The van der Waals surface area contributed by atoms with Gasteiger partial charge in [-0.1, -0.05) is 30.3 Å². The first kappa shape index (κ1) is 21.0. The number of carbonyl (C=O) groups excluding carboxylic acids is 1. The van der Waals surface area contributed by atoms with Crippen molar-refractivity contribution in [3.05, 3.63) is 94.4 Å². The Kier molecular flexibility index (Phi) is 5.05. The Morgan fingerprint density at radius 2 is 1.61 bits per heavy atom. The third-order valence-corrected chi connectivity index (χ3v) is 7.40. The van der Waals surface area contributed by atoms with Gasteiger partial charge < -0.3 is 15.3 Å². The number of rotatable bonds is 7. The lowest BCUT2D eigenvalue weighted by atomic mass is 9.96. The van der Waals surface area contributed by atoms with Crippen LogP contribution in [-0.4, -0.2) is 30.8 Å². The molecule has 168 valence electrons. The zero-order valence-electron chi connectivity index (χ0n) is 17.6. The van der Waals surface area contributed by atoms with E-state index < -0.39 is 15.7 Å². The van der Waals surface area contributed by atoms with Crippen molar-refractivity contribution in [2.45, 2.75) is 23.2 Å². The van der Waals surface area contributed by atoms with Crippen molar-refractivity contribution in [3.63, 3.8) is 0 Å². The van der Waals surface area contributed by atoms with E-state index in [-0.39, 0.29) is 16.2 Å². The van der Waals surface area contributed by atoms with Crippen molar-refractivity contribution in [2.75, 3.05) is 11.3 Å². The number of anilines is 1. The number of hydrogen-bond donors (Lipinski definition) is 4. The van der Waals surface area contributed by atoms with E-state index in [9.17, 15) is 18.0 Å². The summed E-state index contributed by atoms with van der Waals surface area (Å²) in [7, 11) is -3.87. The summed E-state index contributed by atoms with van der Waals surface area (Å²) in [5, 5.41) is 3.00. The van der Waals surface area contributed by atoms with Crippen LogP contribution in [0.25, 0.3) is 11.0 Å². The van der Waals surface area contributed by atoms with Crippen molar-refractivity contribution in [1.82, 2.24) is 15.3 Å². The summed E-state index contributed by atoms with van der Waals surface area (Å²) in [4.78, 5) is 29.1. The van der Waals surface area contributed by atoms with E-state index in [1.807, 2.05) is 18.2 Å². The maximum absolute atomic E-state index is 12.7. The highest BCUT2D eigenvalue weighted by Gasteiger charge is 2.44. The lowest BCUT2D eigenvalue weighted by molar-refractivity contribution is 0.0949. The van der Waals surface area contributed by atoms with Crippen LogP contribution in [0.15, 0.2) is 82.5 Å². The highest BCUT2D eigenvalue weighted by molar-refractivity contribution is 7.92. The molecule has 1 aliphatic carbocycles. The van der Waals surface area contributed by atoms with Gasteiger partial charge in [-0.15, -0.1) is 0 Å². The first-order chi connectivity index (χ1) is 15.8. The molecule has 1 aromatic heterocycles. The first-order valence-corrected chi connectivity index (χ1v) is 12.0. The minimum atomic E-state index is -3.87. The summed E-state index contributed by atoms with van der Waals surface area (Å²) in [5.74, 6) is -0.200. The second-order valence-corrected chi connectivity index (χ2v) is 9.98. The summed E-state index contributed by atoms with van der Waals surface area (Å²) in [6.45, 7) is 0.563. The predicted molar refractivity (Wildman–Crippen MR) is 126 cm³/mol. The van der Waals surface area contributed by atoms with Crippen LogP contribution in [-0.2, 0) is 15.4 Å². The van der Waals surface area contributed by atoms with Crippen LogP contribution in [0, 0.1) is 0 Å². The Morgan fingerprint density at radius 1 is 0.909 bits per heavy atom. The van der Waals surface area contributed by atoms with Crippen LogP contribution < -0.4 is 15.7 Å². The van der Waals surface area contributed by atoms with Gasteiger partial charge in [-0.2, -0.15) is 0 Å². The van der Waals surface area contributed by atoms with Crippen LogP contribution >= 0.6 is 0 Å². The number of carbonyl (C=O) groups is 1. The molecule has 0 aliphatic heterocycles. The fourth-order valence-electron chi connectivity index (χ4n) is 3.94. The molecule has 0 saturated heterocycles. The van der Waals surface area contributed by atoms with E-state index in [1.54, 1.807) is 24.3 Å². The molecule has 3 aromatic carbocycles. The standard InChI is InChI=1S/C24H22N4O4S/c29-22(25-15-24(12-13-24)17-4-2-1-3-5-17)16-6-8-18(9-7-16)28-33(31,32)19-10-11-20-21(14-19)27-23(30)26-20/h1-11,14,28H,12-13,15H2,(H,25,29)(H2,26,27,30). The topological polar surface area (TPSA) is 124 Å². The molecule has 1 heterocycles. The monoisotopic (exact) mass is 462 g/mol. The zero-order chi connectivity index (χ0) is 23.1. The minimum Gasteiger partial charge on any atom is -0.351 e. The average Bonchev–Trinajstić information content (AvgIpc) is 3.51. The predicted octanol–water partition coefficient (Wildman–Crippen LogP) is 3.12. The number of nitrogens with one attached hydrogen (secondary N) is 4. The fraction of sp³-hybridized carbons (Fsp3) is 0.167. The quantitative estimate of drug-likeness (QED) is 0.337. The van der Waals surface area contributed by atoms with Gasteiger partial charge in [0.2, 0.25) is 0 Å². The van der Waals surface area contributed by atoms with Gasteiger partial charge in [-0.3, -0.25) is 9.52 Å². The molecule has 9 heteroatoms. The second kappa shape index (κ2) is 7.93. The Balaban J connectivity index is 1.25. The molecule has 0 spiro atoms. The summed E-state index contributed by atoms with van der Waals surface area (Å²) in [6, 6.07) is 20.8. The maximum atomic E-state index is 12.7. The van der Waals surface area contributed by atoms with Crippen LogP contribution in [0.2, 0.25) is 0 Å². The molecule has 0 atom stereocenters. The minimum absolute atomic E-state index is 0.0113. The van der Waals surface area contributed by atoms with E-state index in [4.69, 9.17) is 0 Å². The lowest BCUT2D eigenvalue weighted by Gasteiger charge is -2.16. The number of benzene rings is 3. The molecule has 1 aliphatic rings. The molecule has 0 radical (unpaired) electrons. The molecule has 0 unspecified atom stereocenters. The molecule has 0 bridgehead atoms. The maximum Gasteiger partial charge on any atom is 0.323 e. The summed E-state index contributed by atoms with van der Waals surface area (Å²) in [5.41, 5.74) is 2.55. The second-order valence-electron chi connectivity index (χ2n) is 8.30. The molecular formula is C24H22N4O4S. The normalized spacial score (nSPS) is 14.7. The molecule has 4 aromatic rings. The van der Waals surface area contributed by atoms with Crippen LogP contribution in [0.3, 0.4) is 0 Å². The van der Waals surface area contributed by atoms with E-state index in [0.29, 0.717) is 28.8 Å². The zero-order valence-corrected chi connectivity index (χ0v) is 18.4. The van der Waals surface area contributed by atoms with Crippen LogP contribution in [0.4, 0.5) is 5.69 Å². The SMILES string of the molecule is O=C(NCC1(c2ccccc2)CC1)c1ccc(NS(=O)(=O)c2ccc3[nH]c(=O)[nH]c3c2)cc1. The fourth-order valence-corrected chi connectivity index (χ4v) is 5.03. The molecule has 1 saturated carbocycles. The van der Waals surface area contributed by atoms with E-state index >= 15 is 0 Å². The highest BCUT2D eigenvalue weighted by atomic mass is 32.2. The van der Waals surface area contributed by atoms with Crippen LogP contribution in [0.1, 0.15) is 28.8 Å². The molecule has 5 rings (SSSR count). The van der Waals surface area contributed by atoms with Crippen molar-refractivity contribution in [1.29, 1.82) is 0 Å². The summed E-state index contributed by atoms with van der Waals surface area (Å²) >= 11 is 0. The van der Waals surface area contributed by atoms with E-state index in [2.05, 4.69) is 32.1 Å².